The van der Waals surface area contributed by atoms with Gasteiger partial charge in [-0.1, -0.05) is 42.1 Å². The summed E-state index contributed by atoms with van der Waals surface area (Å²) in [7, 11) is 1.39. The van der Waals surface area contributed by atoms with Crippen LogP contribution in [-0.4, -0.2) is 33.4 Å². The highest BCUT2D eigenvalue weighted by atomic mass is 32.2. The van der Waals surface area contributed by atoms with Gasteiger partial charge in [0.15, 0.2) is 22.5 Å². The van der Waals surface area contributed by atoms with Crippen LogP contribution in [-0.2, 0) is 6.54 Å². The predicted octanol–water partition coefficient (Wildman–Crippen LogP) is 3.76. The number of aromatic nitrogens is 3. The Hall–Kier alpha value is -2.67. The number of hydrogen-bond acceptors (Lipinski definition) is 5. The maximum absolute atomic E-state index is 13.8. The van der Waals surface area contributed by atoms with E-state index in [0.717, 1.165) is 11.4 Å². The van der Waals surface area contributed by atoms with E-state index in [4.69, 9.17) is 4.74 Å². The summed E-state index contributed by atoms with van der Waals surface area (Å²) in [5, 5.41) is 8.92. The second-order valence-electron chi connectivity index (χ2n) is 5.66. The molecule has 0 amide bonds. The van der Waals surface area contributed by atoms with Gasteiger partial charge in [-0.15, -0.1) is 10.2 Å². The first kappa shape index (κ1) is 18.1. The molecule has 0 saturated heterocycles. The van der Waals surface area contributed by atoms with Gasteiger partial charge in [0.1, 0.15) is 5.82 Å². The highest BCUT2D eigenvalue weighted by Crippen LogP contribution is 2.22. The van der Waals surface area contributed by atoms with Crippen LogP contribution in [0.1, 0.15) is 21.7 Å². The van der Waals surface area contributed by atoms with Crippen molar-refractivity contribution in [2.45, 2.75) is 18.6 Å². The molecule has 0 bridgehead atoms. The molecule has 0 N–H and O–H groups in total. The zero-order chi connectivity index (χ0) is 18.5. The van der Waals surface area contributed by atoms with Crippen molar-refractivity contribution in [3.05, 3.63) is 71.3 Å². The van der Waals surface area contributed by atoms with Crippen molar-refractivity contribution in [2.24, 2.45) is 0 Å². The van der Waals surface area contributed by atoms with Crippen molar-refractivity contribution in [3.63, 3.8) is 0 Å². The fraction of sp³-hybridized carbons (Fsp3) is 0.211. The van der Waals surface area contributed by atoms with Crippen molar-refractivity contribution in [1.29, 1.82) is 0 Å². The Morgan fingerprint density at radius 3 is 2.65 bits per heavy atom. The molecule has 134 valence electrons. The van der Waals surface area contributed by atoms with Crippen molar-refractivity contribution < 1.29 is 13.9 Å². The van der Waals surface area contributed by atoms with Crippen LogP contribution in [0.3, 0.4) is 0 Å². The zero-order valence-electron chi connectivity index (χ0n) is 14.5. The molecular formula is C19H18FN3O2S. The van der Waals surface area contributed by atoms with E-state index in [0.29, 0.717) is 17.3 Å². The van der Waals surface area contributed by atoms with E-state index in [1.165, 1.54) is 31.0 Å². The smallest absolute Gasteiger partial charge is 0.191 e. The third kappa shape index (κ3) is 4.11. The van der Waals surface area contributed by atoms with E-state index in [-0.39, 0.29) is 17.3 Å². The molecule has 0 aliphatic carbocycles. The van der Waals surface area contributed by atoms with Gasteiger partial charge in [0.2, 0.25) is 0 Å². The second kappa shape index (κ2) is 8.14. The van der Waals surface area contributed by atoms with Crippen LogP contribution in [0.2, 0.25) is 0 Å². The lowest BCUT2D eigenvalue weighted by Crippen LogP contribution is -2.07. The Kier molecular flexibility index (Phi) is 5.68. The predicted molar refractivity (Wildman–Crippen MR) is 98.3 cm³/mol. The topological polar surface area (TPSA) is 57.0 Å². The van der Waals surface area contributed by atoms with Crippen LogP contribution < -0.4 is 4.74 Å². The number of benzene rings is 2. The number of thioether (sulfide) groups is 1. The third-order valence-corrected chi connectivity index (χ3v) is 4.86. The first-order valence-electron chi connectivity index (χ1n) is 8.01. The number of aryl methyl sites for hydroxylation is 1. The quantitative estimate of drug-likeness (QED) is 0.468. The number of Topliss-reactive ketones (excluding diaryl/α,β-unsaturated/α-hetero) is 1. The van der Waals surface area contributed by atoms with Gasteiger partial charge in [-0.3, -0.25) is 4.79 Å². The summed E-state index contributed by atoms with van der Waals surface area (Å²) >= 11 is 1.29. The first-order chi connectivity index (χ1) is 12.6. The van der Waals surface area contributed by atoms with Crippen molar-refractivity contribution >= 4 is 17.5 Å². The molecule has 1 aromatic heterocycles. The third-order valence-electron chi connectivity index (χ3n) is 3.89. The van der Waals surface area contributed by atoms with Crippen LogP contribution >= 0.6 is 11.8 Å². The van der Waals surface area contributed by atoms with E-state index < -0.39 is 5.82 Å². The molecule has 3 aromatic rings. The van der Waals surface area contributed by atoms with Crippen LogP contribution in [0.25, 0.3) is 0 Å². The highest BCUT2D eigenvalue weighted by Gasteiger charge is 2.15. The Morgan fingerprint density at radius 1 is 1.19 bits per heavy atom. The molecule has 3 rings (SSSR count). The number of carbonyl (C=O) groups excluding carboxylic acids is 1. The lowest BCUT2D eigenvalue weighted by Gasteiger charge is -2.08. The summed E-state index contributed by atoms with van der Waals surface area (Å²) in [6.45, 7) is 2.51. The SMILES string of the molecule is COc1ccc(C(=O)CSc2nnc(C)n2Cc2ccccc2)cc1F. The van der Waals surface area contributed by atoms with Crippen LogP contribution in [0.15, 0.2) is 53.7 Å². The van der Waals surface area contributed by atoms with Gasteiger partial charge in [0.05, 0.1) is 19.4 Å². The lowest BCUT2D eigenvalue weighted by molar-refractivity contribution is 0.102. The van der Waals surface area contributed by atoms with E-state index >= 15 is 0 Å². The Balaban J connectivity index is 1.70. The van der Waals surface area contributed by atoms with E-state index in [9.17, 15) is 9.18 Å². The summed E-state index contributed by atoms with van der Waals surface area (Å²) in [5.74, 6) is 0.320. The fourth-order valence-electron chi connectivity index (χ4n) is 2.47. The number of ether oxygens (including phenoxy) is 1. The van der Waals surface area contributed by atoms with Gasteiger partial charge < -0.3 is 9.30 Å². The number of methoxy groups -OCH3 is 1. The average molecular weight is 371 g/mol. The maximum atomic E-state index is 13.8. The Morgan fingerprint density at radius 2 is 1.96 bits per heavy atom. The minimum Gasteiger partial charge on any atom is -0.494 e. The Labute approximate surface area is 155 Å². The summed E-state index contributed by atoms with van der Waals surface area (Å²) < 4.78 is 20.6. The van der Waals surface area contributed by atoms with Crippen molar-refractivity contribution in [2.75, 3.05) is 12.9 Å². The van der Waals surface area contributed by atoms with Gasteiger partial charge in [0.25, 0.3) is 0 Å². The van der Waals surface area contributed by atoms with Crippen LogP contribution in [0.5, 0.6) is 5.75 Å². The molecule has 0 saturated carbocycles. The molecule has 1 heterocycles. The molecule has 0 aliphatic rings. The molecule has 0 radical (unpaired) electrons. The molecule has 0 atom stereocenters. The molecule has 26 heavy (non-hydrogen) atoms. The largest absolute Gasteiger partial charge is 0.494 e. The molecule has 0 spiro atoms. The molecule has 7 heteroatoms. The molecular weight excluding hydrogens is 353 g/mol. The standard InChI is InChI=1S/C19H18FN3O2S/c1-13-21-22-19(23(13)11-14-6-4-3-5-7-14)26-12-17(24)15-8-9-18(25-2)16(20)10-15/h3-10H,11-12H2,1-2H3. The van der Waals surface area contributed by atoms with Crippen LogP contribution in [0, 0.1) is 12.7 Å². The van der Waals surface area contributed by atoms with Gasteiger partial charge >= 0.3 is 0 Å². The minimum atomic E-state index is -0.550. The van der Waals surface area contributed by atoms with Gasteiger partial charge in [-0.2, -0.15) is 0 Å². The number of carbonyl (C=O) groups is 1. The van der Waals surface area contributed by atoms with Crippen molar-refractivity contribution in [3.8, 4) is 5.75 Å². The van der Waals surface area contributed by atoms with E-state index in [1.807, 2.05) is 41.8 Å². The minimum absolute atomic E-state index is 0.118. The maximum Gasteiger partial charge on any atom is 0.191 e. The van der Waals surface area contributed by atoms with Crippen LogP contribution in [0.4, 0.5) is 4.39 Å². The summed E-state index contributed by atoms with van der Waals surface area (Å²) in [6.07, 6.45) is 0. The molecule has 5 nitrogen and oxygen atoms in total. The lowest BCUT2D eigenvalue weighted by atomic mass is 10.1. The number of ketones is 1. The first-order valence-corrected chi connectivity index (χ1v) is 9.00. The van der Waals surface area contributed by atoms with Gasteiger partial charge in [-0.25, -0.2) is 4.39 Å². The highest BCUT2D eigenvalue weighted by molar-refractivity contribution is 7.99. The summed E-state index contributed by atoms with van der Waals surface area (Å²) in [4.78, 5) is 12.4. The molecule has 2 aromatic carbocycles. The zero-order valence-corrected chi connectivity index (χ0v) is 15.3. The molecule has 0 unspecified atom stereocenters. The monoisotopic (exact) mass is 371 g/mol. The van der Waals surface area contributed by atoms with E-state index in [1.54, 1.807) is 6.07 Å². The normalized spacial score (nSPS) is 10.7. The number of rotatable bonds is 7. The number of hydrogen-bond donors (Lipinski definition) is 0. The molecule has 0 aliphatic heterocycles. The summed E-state index contributed by atoms with van der Waals surface area (Å²) in [6, 6.07) is 14.2. The second-order valence-corrected chi connectivity index (χ2v) is 6.61. The average Bonchev–Trinajstić information content (AvgIpc) is 3.00. The van der Waals surface area contributed by atoms with E-state index in [2.05, 4.69) is 10.2 Å². The summed E-state index contributed by atoms with van der Waals surface area (Å²) in [5.41, 5.74) is 1.43. The fourth-order valence-corrected chi connectivity index (χ4v) is 3.35. The Bertz CT molecular complexity index is 912. The van der Waals surface area contributed by atoms with Crippen molar-refractivity contribution in [1.82, 2.24) is 14.8 Å². The van der Waals surface area contributed by atoms with Gasteiger partial charge in [-0.05, 0) is 30.7 Å². The number of nitrogens with zero attached hydrogens (tertiary/aromatic N) is 3. The van der Waals surface area contributed by atoms with Gasteiger partial charge in [0, 0.05) is 5.56 Å². The molecule has 0 fully saturated rings. The number of halogens is 1.